The number of nitrogens with one attached hydrogen (secondary N) is 7. The Balaban J connectivity index is 0.000000985. The van der Waals surface area contributed by atoms with Crippen molar-refractivity contribution in [1.29, 1.82) is 0 Å². The van der Waals surface area contributed by atoms with Gasteiger partial charge in [-0.1, -0.05) is 167 Å². The van der Waals surface area contributed by atoms with Gasteiger partial charge in [0.2, 0.25) is 40.9 Å². The second kappa shape index (κ2) is 49.7. The molecule has 0 bridgehead atoms. The van der Waals surface area contributed by atoms with E-state index in [0.29, 0.717) is 24.3 Å². The molecule has 0 saturated carbocycles. The Morgan fingerprint density at radius 3 is 1.48 bits per heavy atom. The van der Waals surface area contributed by atoms with E-state index >= 15 is 0 Å². The lowest BCUT2D eigenvalue weighted by Crippen LogP contribution is -2.61. The molecule has 0 aliphatic rings. The van der Waals surface area contributed by atoms with Crippen molar-refractivity contribution in [2.45, 2.75) is 286 Å². The van der Waals surface area contributed by atoms with Crippen molar-refractivity contribution in [3.05, 3.63) is 102 Å². The number of aromatic nitrogens is 1. The minimum absolute atomic E-state index is 0.00757. The Kier molecular flexibility index (Phi) is 44.9. The lowest BCUT2D eigenvalue weighted by molar-refractivity contribution is -0.142. The van der Waals surface area contributed by atoms with E-state index in [9.17, 15) is 72.9 Å². The summed E-state index contributed by atoms with van der Waals surface area (Å²) >= 11 is 0. The maximum Gasteiger partial charge on any atom is 0.303 e. The van der Waals surface area contributed by atoms with Crippen LogP contribution in [0, 0.1) is 23.7 Å². The van der Waals surface area contributed by atoms with Crippen molar-refractivity contribution in [1.82, 2.24) is 37.1 Å². The molecule has 0 aliphatic heterocycles. The molecule has 4 rings (SSSR count). The summed E-state index contributed by atoms with van der Waals surface area (Å²) in [5.74, 6) is 6.03. The summed E-state index contributed by atoms with van der Waals surface area (Å²) in [6, 6.07) is 16.4. The minimum atomic E-state index is -1.49. The van der Waals surface area contributed by atoms with E-state index in [-0.39, 0.29) is 97.0 Å². The summed E-state index contributed by atoms with van der Waals surface area (Å²) in [7, 11) is 0. The summed E-state index contributed by atoms with van der Waals surface area (Å²) in [6.45, 7) is 26.3. The number of ketones is 8. The number of primary amides is 1. The third-order valence-corrected chi connectivity index (χ3v) is 18.7. The molecule has 3 aromatic carbocycles. The third kappa shape index (κ3) is 36.2. The fourth-order valence-corrected chi connectivity index (χ4v) is 11.7. The molecule has 3 amide bonds. The normalized spacial score (nSPS) is 14.9. The Bertz CT molecular complexity index is 3370. The first-order valence-electron chi connectivity index (χ1n) is 37.1. The first-order chi connectivity index (χ1) is 49.3. The van der Waals surface area contributed by atoms with Crippen molar-refractivity contribution in [3.8, 4) is 5.75 Å². The van der Waals surface area contributed by atoms with Gasteiger partial charge in [0.25, 0.3) is 0 Å². The number of unbranched alkanes of at least 4 members (excludes halogenated alkanes) is 8. The highest BCUT2D eigenvalue weighted by atomic mass is 16.4. The molecule has 4 aromatic rings. The number of hydrogen-bond donors (Lipinski definition) is 13. The predicted octanol–water partition coefficient (Wildman–Crippen LogP) is 8.77. The van der Waals surface area contributed by atoms with Crippen LogP contribution in [0.5, 0.6) is 5.75 Å². The van der Waals surface area contributed by atoms with E-state index in [1.54, 1.807) is 32.2 Å². The van der Waals surface area contributed by atoms with Crippen LogP contribution >= 0.6 is 0 Å². The van der Waals surface area contributed by atoms with E-state index in [1.807, 2.05) is 96.1 Å². The largest absolute Gasteiger partial charge is 0.508 e. The molecule has 1 aromatic heterocycles. The molecule has 0 saturated heterocycles. The number of nitrogens with two attached hydrogens (primary N) is 3. The molecule has 1 heterocycles. The Morgan fingerprint density at radius 2 is 1.02 bits per heavy atom. The van der Waals surface area contributed by atoms with E-state index in [2.05, 4.69) is 51.0 Å². The van der Waals surface area contributed by atoms with Gasteiger partial charge in [-0.3, -0.25) is 75.1 Å². The first kappa shape index (κ1) is 95.0. The number of rotatable bonds is 48. The Morgan fingerprint density at radius 1 is 0.543 bits per heavy atom. The summed E-state index contributed by atoms with van der Waals surface area (Å²) in [5.41, 5.74) is 11.1. The van der Waals surface area contributed by atoms with Crippen molar-refractivity contribution in [3.63, 3.8) is 0 Å². The number of hydrogen-bond acceptors (Lipinski definition) is 20. The van der Waals surface area contributed by atoms with Crippen molar-refractivity contribution in [2.75, 3.05) is 0 Å². The van der Waals surface area contributed by atoms with Gasteiger partial charge < -0.3 is 41.5 Å². The average Bonchev–Trinajstić information content (AvgIpc) is 1.81. The number of aromatic hydroxyl groups is 1. The van der Waals surface area contributed by atoms with E-state index in [4.69, 9.17) is 17.4 Å². The molecule has 0 unspecified atom stereocenters. The zero-order valence-electron chi connectivity index (χ0n) is 65.0. The zero-order valence-corrected chi connectivity index (χ0v) is 65.0. The van der Waals surface area contributed by atoms with Gasteiger partial charge in [-0.2, -0.15) is 0 Å². The molecule has 25 nitrogen and oxygen atoms in total. The standard InChI is InChI=1S/C46H79N5O7.C26H30N4O6.C5H11NO.C3H6O/c1-11-37(28-31(2)3)43(57)50-46(10,35(8)54)27-23-18-16-14-12-13-15-17-22-26-45(9,34(7)53)49-38(29-32(4)5)41(55)42(56)40(33(6)52)48-44(58)39(51-47)30-36-24-20-19-21-25-36;1-15(31)22(13-17-14-28-20-5-3-2-4-19(17)20)29-21(10-11-24(33)34)25(35)26(36)23(30-27)12-16-6-8-18(32)9-7-16;1-3-4(2)5(6)7;1-3(2)4/h19-21,24-25,31-33,37-40,49,51-52H,11-18,22-23,26-30,47H2,1-10H3,(H,48,58)(H,50,57);2-9,14,21-23,28-30,32H,10-13,27H2,1H3,(H,33,34);4H,3H2,1-2H3,(H2,6,7);1-2H3/t33-,37+,38+,39+,40+,45-,46+;21-,22-,23-;4-;/m100./s1. The third-order valence-electron chi connectivity index (χ3n) is 18.7. The zero-order chi connectivity index (χ0) is 79.7. The number of carboxylic acid groups (broad SMARTS) is 1. The number of benzene rings is 3. The van der Waals surface area contributed by atoms with Gasteiger partial charge >= 0.3 is 5.97 Å². The number of H-pyrrole nitrogens is 1. The smallest absolute Gasteiger partial charge is 0.303 e. The first-order valence-corrected chi connectivity index (χ1v) is 37.1. The molecular weight excluding hydrogens is 1340 g/mol. The number of aliphatic carboxylic acids is 1. The number of carboxylic acids is 1. The molecule has 16 N–H and O–H groups in total. The molecule has 0 aliphatic carbocycles. The van der Waals surface area contributed by atoms with Gasteiger partial charge in [-0.25, -0.2) is 10.9 Å². The van der Waals surface area contributed by atoms with Gasteiger partial charge in [-0.05, 0) is 166 Å². The van der Waals surface area contributed by atoms with Crippen LogP contribution in [0.3, 0.4) is 0 Å². The number of hydrazine groups is 2. The number of para-hydroxylation sites is 1. The second-order valence-electron chi connectivity index (χ2n) is 29.2. The van der Waals surface area contributed by atoms with E-state index in [0.717, 1.165) is 99.1 Å². The molecule has 0 spiro atoms. The summed E-state index contributed by atoms with van der Waals surface area (Å²) in [6.07, 6.45) is 13.1. The van der Waals surface area contributed by atoms with Gasteiger partial charge in [0, 0.05) is 35.4 Å². The Labute approximate surface area is 622 Å². The molecule has 0 radical (unpaired) electrons. The van der Waals surface area contributed by atoms with Gasteiger partial charge in [0.05, 0.1) is 41.3 Å². The summed E-state index contributed by atoms with van der Waals surface area (Å²) in [4.78, 5) is 152. The number of aromatic amines is 1. The predicted molar refractivity (Wildman–Crippen MR) is 410 cm³/mol. The monoisotopic (exact) mass is 1470 g/mol. The number of aliphatic hydroxyl groups excluding tert-OH is 1. The van der Waals surface area contributed by atoms with Gasteiger partial charge in [0.15, 0.2) is 5.78 Å². The lowest BCUT2D eigenvalue weighted by Gasteiger charge is -2.34. The van der Waals surface area contributed by atoms with Crippen LogP contribution in [0.15, 0.2) is 85.1 Å². The van der Waals surface area contributed by atoms with Gasteiger partial charge in [0.1, 0.15) is 35.2 Å². The molecular formula is C80H126N10O15. The number of carbonyl (C=O) groups excluding carboxylic acids is 11. The van der Waals surface area contributed by atoms with Gasteiger partial charge in [-0.15, -0.1) is 0 Å². The molecule has 105 heavy (non-hydrogen) atoms. The number of aliphatic hydroxyl groups is 1. The van der Waals surface area contributed by atoms with Crippen LogP contribution < -0.4 is 49.5 Å². The molecule has 25 heteroatoms. The Hall–Kier alpha value is -8.04. The highest BCUT2D eigenvalue weighted by molar-refractivity contribution is 6.42. The van der Waals surface area contributed by atoms with Crippen LogP contribution in [0.1, 0.15) is 230 Å². The summed E-state index contributed by atoms with van der Waals surface area (Å²) in [5, 5.41) is 41.9. The number of phenolic OH excluding ortho intramolecular Hbond substituents is 1. The average molecular weight is 1470 g/mol. The fourth-order valence-electron chi connectivity index (χ4n) is 11.7. The quantitative estimate of drug-likeness (QED) is 0.00850. The SMILES string of the molecule is CC(=O)[C@H](Cc1c[nH]c2ccccc12)N[C@@H](CCC(=O)O)C(=O)C(=O)[C@H](Cc1ccc(O)cc1)NN.CC(C)=O.CC[C@@H](CC(C)C)C(=O)N[C@@](C)(CCCCCCCCCCC[C@@](C)(N[C@@H](CC(C)C)C(=O)C(=O)[C@@H](NC(=O)[C@H](Cc1ccccc1)NN)[C@@H](C)O)C(C)=O)C(C)=O.CC[C@H](C)C(N)=O. The molecule has 11 atom stereocenters. The van der Waals surface area contributed by atoms with Crippen molar-refractivity contribution < 1.29 is 72.9 Å². The van der Waals surface area contributed by atoms with Crippen molar-refractivity contribution >= 4 is 80.9 Å². The van der Waals surface area contributed by atoms with Crippen LogP contribution in [-0.2, 0) is 76.8 Å². The van der Waals surface area contributed by atoms with Crippen molar-refractivity contribution in [2.24, 2.45) is 41.1 Å². The topological polar surface area (TPSA) is 432 Å². The van der Waals surface area contributed by atoms with E-state index in [1.165, 1.54) is 46.8 Å². The second-order valence-corrected chi connectivity index (χ2v) is 29.2. The van der Waals surface area contributed by atoms with Crippen LogP contribution in [0.2, 0.25) is 0 Å². The van der Waals surface area contributed by atoms with Crippen LogP contribution in [-0.4, -0.2) is 144 Å². The van der Waals surface area contributed by atoms with E-state index < -0.39 is 88.4 Å². The number of carbonyl (C=O) groups is 12. The molecule has 586 valence electrons. The number of phenols is 1. The van der Waals surface area contributed by atoms with Crippen LogP contribution in [0.25, 0.3) is 10.9 Å². The molecule has 0 fully saturated rings. The summed E-state index contributed by atoms with van der Waals surface area (Å²) < 4.78 is 0. The maximum atomic E-state index is 13.8. The number of Topliss-reactive ketones (excluding diaryl/α,β-unsaturated/α-hetero) is 8. The number of fused-ring (bicyclic) bond motifs is 1. The fraction of sp³-hybridized carbons (Fsp3) is 0.600. The highest BCUT2D eigenvalue weighted by Gasteiger charge is 2.41. The minimum Gasteiger partial charge on any atom is -0.508 e. The maximum absolute atomic E-state index is 13.8. The highest BCUT2D eigenvalue weighted by Crippen LogP contribution is 2.25. The lowest BCUT2D eigenvalue weighted by atomic mass is 9.86. The van der Waals surface area contributed by atoms with Crippen LogP contribution in [0.4, 0.5) is 0 Å². The number of amides is 3.